The number of hydrogen-bond donors (Lipinski definition) is 0. The monoisotopic (exact) mass is 297 g/mol. The fourth-order valence-corrected chi connectivity index (χ4v) is 3.15. The number of ether oxygens (including phenoxy) is 1. The predicted octanol–water partition coefficient (Wildman–Crippen LogP) is 3.68. The first-order valence-corrected chi connectivity index (χ1v) is 7.77. The highest BCUT2D eigenvalue weighted by Crippen LogP contribution is 2.31. The van der Waals surface area contributed by atoms with Crippen molar-refractivity contribution in [1.29, 1.82) is 0 Å². The van der Waals surface area contributed by atoms with Crippen molar-refractivity contribution in [3.05, 3.63) is 17.0 Å². The van der Waals surface area contributed by atoms with Gasteiger partial charge >= 0.3 is 0 Å². The van der Waals surface area contributed by atoms with Gasteiger partial charge in [-0.05, 0) is 31.6 Å². The first-order valence-electron chi connectivity index (χ1n) is 7.39. The van der Waals surface area contributed by atoms with Crippen LogP contribution in [0, 0.1) is 5.92 Å². The molecule has 4 nitrogen and oxygen atoms in total. The topological polar surface area (TPSA) is 38.2 Å². The minimum atomic E-state index is 0.393. The molecule has 1 aliphatic carbocycles. The number of nitrogens with zero attached hydrogens (tertiary/aromatic N) is 3. The zero-order valence-electron chi connectivity index (χ0n) is 12.6. The Labute approximate surface area is 126 Å². The van der Waals surface area contributed by atoms with Crippen LogP contribution in [0.1, 0.15) is 44.9 Å². The fourth-order valence-electron chi connectivity index (χ4n) is 2.95. The maximum absolute atomic E-state index is 6.08. The summed E-state index contributed by atoms with van der Waals surface area (Å²) in [6, 6.07) is 2.39. The van der Waals surface area contributed by atoms with Gasteiger partial charge in [-0.3, -0.25) is 0 Å². The van der Waals surface area contributed by atoms with Gasteiger partial charge in [-0.15, -0.1) is 0 Å². The third-order valence-electron chi connectivity index (χ3n) is 4.30. The number of halogens is 1. The summed E-state index contributed by atoms with van der Waals surface area (Å²) in [5.41, 5.74) is 0. The Morgan fingerprint density at radius 2 is 2.00 bits per heavy atom. The van der Waals surface area contributed by atoms with E-state index in [9.17, 15) is 0 Å². The van der Waals surface area contributed by atoms with Crippen LogP contribution in [-0.4, -0.2) is 30.2 Å². The number of aromatic nitrogens is 2. The highest BCUT2D eigenvalue weighted by molar-refractivity contribution is 6.29. The zero-order valence-corrected chi connectivity index (χ0v) is 13.4. The predicted molar refractivity (Wildman–Crippen MR) is 82.2 cm³/mol. The van der Waals surface area contributed by atoms with Crippen molar-refractivity contribution in [3.8, 4) is 0 Å². The minimum Gasteiger partial charge on any atom is -0.377 e. The molecule has 0 N–H and O–H groups in total. The lowest BCUT2D eigenvalue weighted by atomic mass is 9.84. The molecule has 1 aromatic heterocycles. The van der Waals surface area contributed by atoms with Crippen LogP contribution in [-0.2, 0) is 11.3 Å². The quantitative estimate of drug-likeness (QED) is 0.777. The van der Waals surface area contributed by atoms with Crippen LogP contribution in [0.2, 0.25) is 5.15 Å². The SMILES string of the molecule is CCC1CCC(N(C)c2cc(Cl)nc(COC)n2)CC1. The van der Waals surface area contributed by atoms with Gasteiger partial charge in [-0.1, -0.05) is 24.9 Å². The molecule has 1 saturated carbocycles. The molecule has 1 heterocycles. The van der Waals surface area contributed by atoms with E-state index in [1.807, 2.05) is 6.07 Å². The second kappa shape index (κ2) is 7.23. The van der Waals surface area contributed by atoms with E-state index in [-0.39, 0.29) is 0 Å². The van der Waals surface area contributed by atoms with Gasteiger partial charge in [0.2, 0.25) is 0 Å². The Morgan fingerprint density at radius 1 is 1.30 bits per heavy atom. The summed E-state index contributed by atoms with van der Waals surface area (Å²) >= 11 is 6.08. The van der Waals surface area contributed by atoms with E-state index in [4.69, 9.17) is 16.3 Å². The molecule has 5 heteroatoms. The van der Waals surface area contributed by atoms with Gasteiger partial charge < -0.3 is 9.64 Å². The van der Waals surface area contributed by atoms with E-state index in [1.54, 1.807) is 7.11 Å². The third kappa shape index (κ3) is 3.83. The van der Waals surface area contributed by atoms with Crippen molar-refractivity contribution in [1.82, 2.24) is 9.97 Å². The van der Waals surface area contributed by atoms with Gasteiger partial charge in [-0.2, -0.15) is 0 Å². The smallest absolute Gasteiger partial charge is 0.158 e. The summed E-state index contributed by atoms with van der Waals surface area (Å²) in [7, 11) is 3.74. The number of hydrogen-bond acceptors (Lipinski definition) is 4. The molecule has 20 heavy (non-hydrogen) atoms. The largest absolute Gasteiger partial charge is 0.377 e. The molecule has 1 aliphatic rings. The average molecular weight is 298 g/mol. The van der Waals surface area contributed by atoms with Gasteiger partial charge in [0.15, 0.2) is 5.82 Å². The molecule has 0 amide bonds. The molecular weight excluding hydrogens is 274 g/mol. The highest BCUT2D eigenvalue weighted by Gasteiger charge is 2.24. The highest BCUT2D eigenvalue weighted by atomic mass is 35.5. The van der Waals surface area contributed by atoms with Gasteiger partial charge in [0.25, 0.3) is 0 Å². The first-order chi connectivity index (χ1) is 9.63. The van der Waals surface area contributed by atoms with Crippen LogP contribution in [0.5, 0.6) is 0 Å². The molecule has 0 radical (unpaired) electrons. The van der Waals surface area contributed by atoms with Crippen LogP contribution in [0.25, 0.3) is 0 Å². The van der Waals surface area contributed by atoms with Crippen LogP contribution in [0.4, 0.5) is 5.82 Å². The summed E-state index contributed by atoms with van der Waals surface area (Å²) in [4.78, 5) is 11.0. The molecular formula is C15H24ClN3O. The van der Waals surface area contributed by atoms with Crippen molar-refractivity contribution in [2.75, 3.05) is 19.1 Å². The molecule has 0 spiro atoms. The zero-order chi connectivity index (χ0) is 14.5. The maximum Gasteiger partial charge on any atom is 0.158 e. The molecule has 1 aromatic rings. The van der Waals surface area contributed by atoms with Crippen LogP contribution in [0.3, 0.4) is 0 Å². The first kappa shape index (κ1) is 15.5. The van der Waals surface area contributed by atoms with Crippen molar-refractivity contribution < 1.29 is 4.74 Å². The Bertz CT molecular complexity index is 433. The van der Waals surface area contributed by atoms with E-state index in [0.29, 0.717) is 23.6 Å². The molecule has 0 aromatic carbocycles. The van der Waals surface area contributed by atoms with Crippen molar-refractivity contribution >= 4 is 17.4 Å². The summed E-state index contributed by atoms with van der Waals surface area (Å²) < 4.78 is 5.09. The van der Waals surface area contributed by atoms with E-state index in [0.717, 1.165) is 11.7 Å². The van der Waals surface area contributed by atoms with Gasteiger partial charge in [-0.25, -0.2) is 9.97 Å². The van der Waals surface area contributed by atoms with Crippen molar-refractivity contribution in [3.63, 3.8) is 0 Å². The lowest BCUT2D eigenvalue weighted by molar-refractivity contribution is 0.178. The van der Waals surface area contributed by atoms with E-state index in [1.165, 1.54) is 32.1 Å². The van der Waals surface area contributed by atoms with Gasteiger partial charge in [0, 0.05) is 26.3 Å². The molecule has 0 atom stereocenters. The number of anilines is 1. The van der Waals surface area contributed by atoms with E-state index in [2.05, 4.69) is 28.8 Å². The molecule has 112 valence electrons. The second-order valence-electron chi connectivity index (χ2n) is 5.59. The standard InChI is InChI=1S/C15H24ClN3O/c1-4-11-5-7-12(8-6-11)19(2)15-9-13(16)17-14(18-15)10-20-3/h9,11-12H,4-8,10H2,1-3H3. The van der Waals surface area contributed by atoms with Gasteiger partial charge in [0.05, 0.1) is 0 Å². The van der Waals surface area contributed by atoms with Crippen molar-refractivity contribution in [2.24, 2.45) is 5.92 Å². The lowest BCUT2D eigenvalue weighted by Gasteiger charge is -2.35. The molecule has 0 unspecified atom stereocenters. The molecule has 2 rings (SSSR count). The minimum absolute atomic E-state index is 0.393. The Hall–Kier alpha value is -0.870. The van der Waals surface area contributed by atoms with Crippen LogP contribution >= 0.6 is 11.6 Å². The molecule has 0 bridgehead atoms. The summed E-state index contributed by atoms with van der Waals surface area (Å²) in [6.45, 7) is 2.68. The average Bonchev–Trinajstić information content (AvgIpc) is 2.46. The Kier molecular flexibility index (Phi) is 5.61. The van der Waals surface area contributed by atoms with Gasteiger partial charge in [0.1, 0.15) is 17.6 Å². The fraction of sp³-hybridized carbons (Fsp3) is 0.733. The number of rotatable bonds is 5. The number of methoxy groups -OCH3 is 1. The summed E-state index contributed by atoms with van der Waals surface area (Å²) in [5, 5.41) is 0.483. The maximum atomic E-state index is 6.08. The Morgan fingerprint density at radius 3 is 2.60 bits per heavy atom. The molecule has 0 aliphatic heterocycles. The third-order valence-corrected chi connectivity index (χ3v) is 4.50. The van der Waals surface area contributed by atoms with Crippen LogP contribution < -0.4 is 4.90 Å². The summed E-state index contributed by atoms with van der Waals surface area (Å²) in [6.07, 6.45) is 6.39. The van der Waals surface area contributed by atoms with Crippen molar-refractivity contribution in [2.45, 2.75) is 51.7 Å². The normalized spacial score (nSPS) is 22.8. The van der Waals surface area contributed by atoms with E-state index >= 15 is 0 Å². The van der Waals surface area contributed by atoms with Crippen LogP contribution in [0.15, 0.2) is 6.07 Å². The summed E-state index contributed by atoms with van der Waals surface area (Å²) in [5.74, 6) is 2.44. The lowest BCUT2D eigenvalue weighted by Crippen LogP contribution is -2.35. The Balaban J connectivity index is 2.07. The molecule has 1 fully saturated rings. The second-order valence-corrected chi connectivity index (χ2v) is 5.98. The van der Waals surface area contributed by atoms with E-state index < -0.39 is 0 Å². The molecule has 0 saturated heterocycles.